The van der Waals surface area contributed by atoms with E-state index < -0.39 is 6.03 Å². The molecule has 0 saturated carbocycles. The summed E-state index contributed by atoms with van der Waals surface area (Å²) in [6, 6.07) is 1.16. The SMILES string of the molecule is Cc1cc(C2CCCCN2C(=O)CN2C(=O)CNC2=O)no1. The largest absolute Gasteiger partial charge is 0.361 e. The first-order valence-corrected chi connectivity index (χ1v) is 7.37. The summed E-state index contributed by atoms with van der Waals surface area (Å²) in [6.07, 6.45) is 2.71. The lowest BCUT2D eigenvalue weighted by atomic mass is 9.99. The van der Waals surface area contributed by atoms with Crippen molar-refractivity contribution in [3.05, 3.63) is 17.5 Å². The topological polar surface area (TPSA) is 95.8 Å². The highest BCUT2D eigenvalue weighted by Crippen LogP contribution is 2.30. The van der Waals surface area contributed by atoms with E-state index in [0.29, 0.717) is 12.3 Å². The maximum Gasteiger partial charge on any atom is 0.325 e. The van der Waals surface area contributed by atoms with Crippen LogP contribution < -0.4 is 5.32 Å². The van der Waals surface area contributed by atoms with E-state index in [9.17, 15) is 14.4 Å². The standard InChI is InChI=1S/C14H18N4O4/c1-9-6-10(16-22-9)11-4-2-3-5-17(11)13(20)8-18-12(19)7-15-14(18)21/h6,11H,2-5,7-8H2,1H3,(H,15,21). The van der Waals surface area contributed by atoms with Crippen LogP contribution in [0.4, 0.5) is 4.79 Å². The van der Waals surface area contributed by atoms with Crippen molar-refractivity contribution in [2.45, 2.75) is 32.2 Å². The summed E-state index contributed by atoms with van der Waals surface area (Å²) in [4.78, 5) is 38.3. The Morgan fingerprint density at radius 1 is 1.45 bits per heavy atom. The summed E-state index contributed by atoms with van der Waals surface area (Å²) < 4.78 is 5.10. The Morgan fingerprint density at radius 2 is 2.27 bits per heavy atom. The molecular formula is C14H18N4O4. The first-order valence-electron chi connectivity index (χ1n) is 7.37. The minimum absolute atomic E-state index is 0.0436. The normalized spacial score (nSPS) is 22.1. The van der Waals surface area contributed by atoms with E-state index in [2.05, 4.69) is 10.5 Å². The van der Waals surface area contributed by atoms with E-state index in [-0.39, 0.29) is 30.9 Å². The number of carbonyl (C=O) groups excluding carboxylic acids is 3. The minimum atomic E-state index is -0.510. The van der Waals surface area contributed by atoms with Crippen LogP contribution in [0.25, 0.3) is 0 Å². The summed E-state index contributed by atoms with van der Waals surface area (Å²) in [5.41, 5.74) is 0.725. The molecule has 8 heteroatoms. The molecule has 0 aliphatic carbocycles. The van der Waals surface area contributed by atoms with Crippen molar-refractivity contribution in [1.82, 2.24) is 20.3 Å². The maximum atomic E-state index is 12.5. The molecule has 3 heterocycles. The summed E-state index contributed by atoms with van der Waals surface area (Å²) >= 11 is 0. The second-order valence-electron chi connectivity index (χ2n) is 5.60. The molecule has 2 aliphatic heterocycles. The molecule has 4 amide bonds. The molecule has 3 rings (SSSR count). The quantitative estimate of drug-likeness (QED) is 0.824. The number of urea groups is 1. The summed E-state index contributed by atoms with van der Waals surface area (Å²) in [6.45, 7) is 2.13. The van der Waals surface area contributed by atoms with Crippen molar-refractivity contribution in [3.63, 3.8) is 0 Å². The number of hydrogen-bond donors (Lipinski definition) is 1. The van der Waals surface area contributed by atoms with Crippen LogP contribution in [0.3, 0.4) is 0 Å². The van der Waals surface area contributed by atoms with E-state index in [1.165, 1.54) is 0 Å². The van der Waals surface area contributed by atoms with E-state index in [1.54, 1.807) is 11.8 Å². The second kappa shape index (κ2) is 5.78. The molecule has 8 nitrogen and oxygen atoms in total. The Morgan fingerprint density at radius 3 is 2.91 bits per heavy atom. The molecule has 1 aromatic heterocycles. The van der Waals surface area contributed by atoms with Crippen LogP contribution in [0.5, 0.6) is 0 Å². The molecular weight excluding hydrogens is 288 g/mol. The monoisotopic (exact) mass is 306 g/mol. The number of amides is 4. The lowest BCUT2D eigenvalue weighted by Gasteiger charge is -2.35. The third-order valence-electron chi connectivity index (χ3n) is 4.04. The van der Waals surface area contributed by atoms with Gasteiger partial charge in [-0.2, -0.15) is 0 Å². The van der Waals surface area contributed by atoms with E-state index in [4.69, 9.17) is 4.52 Å². The smallest absolute Gasteiger partial charge is 0.325 e. The molecule has 118 valence electrons. The molecule has 0 bridgehead atoms. The average Bonchev–Trinajstić information content (AvgIpc) is 3.08. The number of piperidine rings is 1. The van der Waals surface area contributed by atoms with Crippen LogP contribution in [0.2, 0.25) is 0 Å². The third-order valence-corrected chi connectivity index (χ3v) is 4.04. The summed E-state index contributed by atoms with van der Waals surface area (Å²) in [7, 11) is 0. The molecule has 1 atom stereocenters. The predicted molar refractivity (Wildman–Crippen MR) is 74.7 cm³/mol. The van der Waals surface area contributed by atoms with Crippen molar-refractivity contribution in [3.8, 4) is 0 Å². The molecule has 2 aliphatic rings. The lowest BCUT2D eigenvalue weighted by Crippen LogP contribution is -2.46. The molecule has 1 aromatic rings. The van der Waals surface area contributed by atoms with Crippen molar-refractivity contribution in [2.24, 2.45) is 0 Å². The summed E-state index contributed by atoms with van der Waals surface area (Å²) in [5, 5.41) is 6.42. The maximum absolute atomic E-state index is 12.5. The van der Waals surface area contributed by atoms with Crippen LogP contribution in [-0.2, 0) is 9.59 Å². The fourth-order valence-electron chi connectivity index (χ4n) is 2.92. The van der Waals surface area contributed by atoms with Crippen LogP contribution in [-0.4, -0.2) is 52.4 Å². The van der Waals surface area contributed by atoms with Crippen molar-refractivity contribution in [1.29, 1.82) is 0 Å². The number of likely N-dealkylation sites (tertiary alicyclic amines) is 1. The molecule has 22 heavy (non-hydrogen) atoms. The van der Waals surface area contributed by atoms with Crippen molar-refractivity contribution >= 4 is 17.8 Å². The molecule has 0 aromatic carbocycles. The van der Waals surface area contributed by atoms with Gasteiger partial charge in [0, 0.05) is 12.6 Å². The van der Waals surface area contributed by atoms with Crippen LogP contribution >= 0.6 is 0 Å². The van der Waals surface area contributed by atoms with Crippen LogP contribution in [0.1, 0.15) is 36.8 Å². The van der Waals surface area contributed by atoms with Gasteiger partial charge in [0.05, 0.1) is 12.6 Å². The number of rotatable bonds is 3. The lowest BCUT2D eigenvalue weighted by molar-refractivity contribution is -0.139. The molecule has 1 N–H and O–H groups in total. The Kier molecular flexibility index (Phi) is 3.82. The van der Waals surface area contributed by atoms with Gasteiger partial charge in [-0.1, -0.05) is 5.16 Å². The zero-order valence-corrected chi connectivity index (χ0v) is 12.4. The molecule has 1 unspecified atom stereocenters. The van der Waals surface area contributed by atoms with E-state index in [1.807, 2.05) is 6.07 Å². The Labute approximate surface area is 127 Å². The molecule has 2 fully saturated rings. The highest BCUT2D eigenvalue weighted by Gasteiger charge is 2.35. The van der Waals surface area contributed by atoms with Gasteiger partial charge in [-0.25, -0.2) is 4.79 Å². The highest BCUT2D eigenvalue weighted by atomic mass is 16.5. The van der Waals surface area contributed by atoms with Gasteiger partial charge >= 0.3 is 6.03 Å². The van der Waals surface area contributed by atoms with Gasteiger partial charge < -0.3 is 14.7 Å². The number of aromatic nitrogens is 1. The van der Waals surface area contributed by atoms with Gasteiger partial charge in [-0.3, -0.25) is 14.5 Å². The molecule has 2 saturated heterocycles. The number of carbonyl (C=O) groups is 3. The fraction of sp³-hybridized carbons (Fsp3) is 0.571. The minimum Gasteiger partial charge on any atom is -0.361 e. The fourth-order valence-corrected chi connectivity index (χ4v) is 2.92. The average molecular weight is 306 g/mol. The predicted octanol–water partition coefficient (Wildman–Crippen LogP) is 0.588. The summed E-state index contributed by atoms with van der Waals surface area (Å²) in [5.74, 6) is 0.0852. The Bertz CT molecular complexity index is 596. The first kappa shape index (κ1) is 14.6. The van der Waals surface area contributed by atoms with Gasteiger partial charge in [0.1, 0.15) is 18.0 Å². The molecule has 0 radical (unpaired) electrons. The Balaban J connectivity index is 1.74. The van der Waals surface area contributed by atoms with Crippen molar-refractivity contribution in [2.75, 3.05) is 19.6 Å². The number of hydrogen-bond acceptors (Lipinski definition) is 5. The second-order valence-corrected chi connectivity index (χ2v) is 5.60. The van der Waals surface area contributed by atoms with Gasteiger partial charge in [0.2, 0.25) is 5.91 Å². The van der Waals surface area contributed by atoms with Gasteiger partial charge in [-0.05, 0) is 26.2 Å². The number of aryl methyl sites for hydroxylation is 1. The van der Waals surface area contributed by atoms with Crippen LogP contribution in [0, 0.1) is 6.92 Å². The van der Waals surface area contributed by atoms with E-state index in [0.717, 1.165) is 29.9 Å². The zero-order valence-electron chi connectivity index (χ0n) is 12.4. The van der Waals surface area contributed by atoms with Gasteiger partial charge in [0.15, 0.2) is 0 Å². The number of imide groups is 1. The van der Waals surface area contributed by atoms with Gasteiger partial charge in [0.25, 0.3) is 5.91 Å². The Hall–Kier alpha value is -2.38. The van der Waals surface area contributed by atoms with Gasteiger partial charge in [-0.15, -0.1) is 0 Å². The first-order chi connectivity index (χ1) is 10.6. The van der Waals surface area contributed by atoms with Crippen molar-refractivity contribution < 1.29 is 18.9 Å². The third kappa shape index (κ3) is 2.68. The highest BCUT2D eigenvalue weighted by molar-refractivity contribution is 6.04. The number of nitrogens with one attached hydrogen (secondary N) is 1. The zero-order chi connectivity index (χ0) is 15.7. The van der Waals surface area contributed by atoms with E-state index >= 15 is 0 Å². The van der Waals surface area contributed by atoms with Crippen LogP contribution in [0.15, 0.2) is 10.6 Å². The molecule has 0 spiro atoms. The number of nitrogens with zero attached hydrogens (tertiary/aromatic N) is 3.